The monoisotopic (exact) mass is 284 g/mol. The van der Waals surface area contributed by atoms with Crippen molar-refractivity contribution in [1.82, 2.24) is 10.2 Å². The van der Waals surface area contributed by atoms with Gasteiger partial charge in [0.2, 0.25) is 0 Å². The van der Waals surface area contributed by atoms with E-state index in [1.54, 1.807) is 7.11 Å². The minimum absolute atomic E-state index is 0.710. The lowest BCUT2D eigenvalue weighted by molar-refractivity contribution is 0.0642. The number of nitrogens with one attached hydrogen (secondary N) is 1. The van der Waals surface area contributed by atoms with Crippen LogP contribution in [0.2, 0.25) is 0 Å². The highest BCUT2D eigenvalue weighted by molar-refractivity contribution is 4.97. The van der Waals surface area contributed by atoms with Gasteiger partial charge in [-0.15, -0.1) is 0 Å². The van der Waals surface area contributed by atoms with Gasteiger partial charge in [0.15, 0.2) is 0 Å². The first-order chi connectivity index (χ1) is 9.85. The van der Waals surface area contributed by atoms with Crippen molar-refractivity contribution in [2.45, 2.75) is 63.6 Å². The molecule has 118 valence electrons. The highest BCUT2D eigenvalue weighted by Crippen LogP contribution is 2.35. The number of methoxy groups -OCH3 is 1. The number of piperidine rings is 1. The summed E-state index contributed by atoms with van der Waals surface area (Å²) in [6, 6.07) is 2.45. The molecule has 2 bridgehead atoms. The lowest BCUT2D eigenvalue weighted by atomic mass is 9.97. The van der Waals surface area contributed by atoms with E-state index in [4.69, 9.17) is 9.47 Å². The van der Waals surface area contributed by atoms with Crippen LogP contribution in [-0.2, 0) is 9.47 Å². The average Bonchev–Trinajstić information content (AvgIpc) is 2.69. The molecule has 4 heteroatoms. The fourth-order valence-corrected chi connectivity index (χ4v) is 3.84. The number of unbranched alkanes of at least 4 members (excludes halogenated alkanes) is 1. The predicted octanol–water partition coefficient (Wildman–Crippen LogP) is 2.03. The first-order valence-corrected chi connectivity index (χ1v) is 8.41. The molecule has 4 nitrogen and oxygen atoms in total. The highest BCUT2D eigenvalue weighted by atomic mass is 16.5. The van der Waals surface area contributed by atoms with E-state index >= 15 is 0 Å². The summed E-state index contributed by atoms with van der Waals surface area (Å²) in [6.45, 7) is 6.92. The quantitative estimate of drug-likeness (QED) is 0.623. The molecule has 2 fully saturated rings. The minimum Gasteiger partial charge on any atom is -0.382 e. The van der Waals surface area contributed by atoms with Crippen LogP contribution in [0, 0.1) is 0 Å². The van der Waals surface area contributed by atoms with Gasteiger partial charge < -0.3 is 14.8 Å². The second-order valence-corrected chi connectivity index (χ2v) is 6.16. The van der Waals surface area contributed by atoms with E-state index in [2.05, 4.69) is 17.1 Å². The Morgan fingerprint density at radius 1 is 1.05 bits per heavy atom. The van der Waals surface area contributed by atoms with Crippen LogP contribution in [0.3, 0.4) is 0 Å². The SMILES string of the molecule is CCNC1CC2CCC(C1)N2CCCCOCCOC. The smallest absolute Gasteiger partial charge is 0.0700 e. The Morgan fingerprint density at radius 3 is 2.45 bits per heavy atom. The van der Waals surface area contributed by atoms with Crippen LogP contribution in [0.15, 0.2) is 0 Å². The van der Waals surface area contributed by atoms with Gasteiger partial charge in [0.1, 0.15) is 0 Å². The topological polar surface area (TPSA) is 33.7 Å². The lowest BCUT2D eigenvalue weighted by Crippen LogP contribution is -2.49. The van der Waals surface area contributed by atoms with Crippen LogP contribution in [0.1, 0.15) is 45.4 Å². The lowest BCUT2D eigenvalue weighted by Gasteiger charge is -2.39. The fourth-order valence-electron chi connectivity index (χ4n) is 3.84. The molecule has 2 aliphatic rings. The van der Waals surface area contributed by atoms with Crippen LogP contribution < -0.4 is 5.32 Å². The Balaban J connectivity index is 1.58. The zero-order valence-electron chi connectivity index (χ0n) is 13.3. The molecular weight excluding hydrogens is 252 g/mol. The van der Waals surface area contributed by atoms with Gasteiger partial charge in [0, 0.05) is 31.8 Å². The molecule has 0 amide bonds. The van der Waals surface area contributed by atoms with Crippen molar-refractivity contribution in [3.8, 4) is 0 Å². The zero-order valence-corrected chi connectivity index (χ0v) is 13.3. The van der Waals surface area contributed by atoms with E-state index in [1.165, 1.54) is 45.1 Å². The van der Waals surface area contributed by atoms with E-state index < -0.39 is 0 Å². The van der Waals surface area contributed by atoms with Gasteiger partial charge in [0.05, 0.1) is 13.2 Å². The summed E-state index contributed by atoms with van der Waals surface area (Å²) in [6.07, 6.45) is 7.99. The van der Waals surface area contributed by atoms with E-state index in [-0.39, 0.29) is 0 Å². The normalized spacial score (nSPS) is 30.0. The van der Waals surface area contributed by atoms with Crippen LogP contribution in [0.5, 0.6) is 0 Å². The van der Waals surface area contributed by atoms with E-state index in [0.29, 0.717) is 6.61 Å². The molecule has 0 aromatic carbocycles. The predicted molar refractivity (Wildman–Crippen MR) is 82.1 cm³/mol. The average molecular weight is 284 g/mol. The van der Waals surface area contributed by atoms with Gasteiger partial charge in [-0.1, -0.05) is 6.92 Å². The van der Waals surface area contributed by atoms with E-state index in [0.717, 1.165) is 37.9 Å². The van der Waals surface area contributed by atoms with Crippen molar-refractivity contribution >= 4 is 0 Å². The van der Waals surface area contributed by atoms with Gasteiger partial charge in [-0.3, -0.25) is 4.90 Å². The van der Waals surface area contributed by atoms with Crippen molar-refractivity contribution in [3.63, 3.8) is 0 Å². The molecular formula is C16H32N2O2. The van der Waals surface area contributed by atoms with Gasteiger partial charge >= 0.3 is 0 Å². The number of rotatable bonds is 10. The van der Waals surface area contributed by atoms with Crippen LogP contribution in [0.4, 0.5) is 0 Å². The highest BCUT2D eigenvalue weighted by Gasteiger charge is 2.39. The van der Waals surface area contributed by atoms with Crippen molar-refractivity contribution in [2.24, 2.45) is 0 Å². The maximum atomic E-state index is 5.53. The molecule has 0 radical (unpaired) electrons. The minimum atomic E-state index is 0.710. The van der Waals surface area contributed by atoms with Crippen LogP contribution in [0.25, 0.3) is 0 Å². The van der Waals surface area contributed by atoms with Crippen molar-refractivity contribution in [2.75, 3.05) is 40.0 Å². The number of hydrogen-bond donors (Lipinski definition) is 1. The Bertz CT molecular complexity index is 249. The van der Waals surface area contributed by atoms with Crippen LogP contribution >= 0.6 is 0 Å². The van der Waals surface area contributed by atoms with Gasteiger partial charge in [-0.2, -0.15) is 0 Å². The first-order valence-electron chi connectivity index (χ1n) is 8.41. The third-order valence-corrected chi connectivity index (χ3v) is 4.76. The standard InChI is InChI=1S/C16H32N2O2/c1-3-17-14-12-15-6-7-16(13-14)18(15)8-4-5-9-20-11-10-19-2/h14-17H,3-13H2,1-2H3. The molecule has 0 aromatic rings. The van der Waals surface area contributed by atoms with Crippen molar-refractivity contribution < 1.29 is 9.47 Å². The number of ether oxygens (including phenoxy) is 2. The Hall–Kier alpha value is -0.160. The van der Waals surface area contributed by atoms with Gasteiger partial charge in [-0.05, 0) is 51.6 Å². The Labute approximate surface area is 124 Å². The third kappa shape index (κ3) is 4.69. The maximum Gasteiger partial charge on any atom is 0.0700 e. The summed E-state index contributed by atoms with van der Waals surface area (Å²) in [5.74, 6) is 0. The summed E-state index contributed by atoms with van der Waals surface area (Å²) < 4.78 is 10.5. The second kappa shape index (κ2) is 8.98. The molecule has 2 unspecified atom stereocenters. The van der Waals surface area contributed by atoms with Crippen molar-refractivity contribution in [3.05, 3.63) is 0 Å². The largest absolute Gasteiger partial charge is 0.382 e. The molecule has 2 atom stereocenters. The molecule has 20 heavy (non-hydrogen) atoms. The molecule has 2 aliphatic heterocycles. The van der Waals surface area contributed by atoms with Gasteiger partial charge in [0.25, 0.3) is 0 Å². The molecule has 0 spiro atoms. The first kappa shape index (κ1) is 16.2. The summed E-state index contributed by atoms with van der Waals surface area (Å²) in [5.41, 5.74) is 0. The van der Waals surface area contributed by atoms with Crippen molar-refractivity contribution in [1.29, 1.82) is 0 Å². The maximum absolute atomic E-state index is 5.53. The summed E-state index contributed by atoms with van der Waals surface area (Å²) in [4.78, 5) is 2.78. The number of fused-ring (bicyclic) bond motifs is 2. The molecule has 1 N–H and O–H groups in total. The molecule has 0 aromatic heterocycles. The molecule has 2 saturated heterocycles. The summed E-state index contributed by atoms with van der Waals surface area (Å²) in [7, 11) is 1.72. The number of nitrogens with zero attached hydrogens (tertiary/aromatic N) is 1. The van der Waals surface area contributed by atoms with Crippen LogP contribution in [-0.4, -0.2) is 63.0 Å². The summed E-state index contributed by atoms with van der Waals surface area (Å²) in [5, 5.41) is 3.64. The fraction of sp³-hybridized carbons (Fsp3) is 1.00. The zero-order chi connectivity index (χ0) is 14.2. The Morgan fingerprint density at radius 2 is 1.80 bits per heavy atom. The Kier molecular flexibility index (Phi) is 7.28. The third-order valence-electron chi connectivity index (χ3n) is 4.76. The molecule has 0 aliphatic carbocycles. The summed E-state index contributed by atoms with van der Waals surface area (Å²) >= 11 is 0. The number of hydrogen-bond acceptors (Lipinski definition) is 4. The van der Waals surface area contributed by atoms with E-state index in [1.807, 2.05) is 0 Å². The molecule has 0 saturated carbocycles. The van der Waals surface area contributed by atoms with E-state index in [9.17, 15) is 0 Å². The molecule has 2 rings (SSSR count). The van der Waals surface area contributed by atoms with Gasteiger partial charge in [-0.25, -0.2) is 0 Å². The second-order valence-electron chi connectivity index (χ2n) is 6.16. The molecule has 2 heterocycles.